The zero-order chi connectivity index (χ0) is 22.5. The molecule has 0 spiro atoms. The molecule has 2 heterocycles. The molecule has 0 unspecified atom stereocenters. The van der Waals surface area contributed by atoms with Gasteiger partial charge >= 0.3 is 0 Å². The van der Waals surface area contributed by atoms with Gasteiger partial charge in [-0.25, -0.2) is 9.07 Å². The first-order valence-corrected chi connectivity index (χ1v) is 10.7. The molecule has 1 fully saturated rings. The molecule has 0 bridgehead atoms. The lowest BCUT2D eigenvalue weighted by molar-refractivity contribution is -0.117. The summed E-state index contributed by atoms with van der Waals surface area (Å²) < 4.78 is 15.6. The summed E-state index contributed by atoms with van der Waals surface area (Å²) in [4.78, 5) is 29.3. The lowest BCUT2D eigenvalue weighted by Gasteiger charge is -2.22. The van der Waals surface area contributed by atoms with E-state index in [0.29, 0.717) is 36.7 Å². The van der Waals surface area contributed by atoms with Crippen LogP contribution in [0.4, 0.5) is 10.2 Å². The first-order valence-electron chi connectivity index (χ1n) is 10.7. The zero-order valence-electron chi connectivity index (χ0n) is 18.0. The zero-order valence-corrected chi connectivity index (χ0v) is 18.0. The van der Waals surface area contributed by atoms with Gasteiger partial charge in [0, 0.05) is 37.8 Å². The van der Waals surface area contributed by atoms with Crippen molar-refractivity contribution in [3.63, 3.8) is 0 Å². The van der Waals surface area contributed by atoms with Gasteiger partial charge in [-0.3, -0.25) is 14.5 Å². The fourth-order valence-electron chi connectivity index (χ4n) is 3.88. The van der Waals surface area contributed by atoms with E-state index < -0.39 is 5.82 Å². The highest BCUT2D eigenvalue weighted by Gasteiger charge is 2.22. The summed E-state index contributed by atoms with van der Waals surface area (Å²) in [5, 5.41) is 7.18. The van der Waals surface area contributed by atoms with Crippen LogP contribution in [0.25, 0.3) is 5.69 Å². The van der Waals surface area contributed by atoms with Crippen LogP contribution in [0.15, 0.2) is 60.7 Å². The van der Waals surface area contributed by atoms with E-state index in [4.69, 9.17) is 0 Å². The molecule has 4 rings (SSSR count). The molecule has 0 saturated carbocycles. The van der Waals surface area contributed by atoms with Crippen LogP contribution in [-0.2, 0) is 4.79 Å². The van der Waals surface area contributed by atoms with Crippen LogP contribution >= 0.6 is 0 Å². The van der Waals surface area contributed by atoms with Crippen molar-refractivity contribution in [2.45, 2.75) is 13.3 Å². The number of aromatic nitrogens is 2. The SMILES string of the molecule is Cc1cc(NC(=O)CN2CCCN(C(=O)c3ccccc3)CC2)n(-c2ccccc2F)n1. The fraction of sp³-hybridized carbons (Fsp3) is 0.292. The normalized spacial score (nSPS) is 14.8. The number of aryl methyl sites for hydroxylation is 1. The number of anilines is 1. The van der Waals surface area contributed by atoms with Gasteiger partial charge in [0.05, 0.1) is 12.2 Å². The van der Waals surface area contributed by atoms with Crippen LogP contribution in [0.3, 0.4) is 0 Å². The number of carbonyl (C=O) groups excluding carboxylic acids is 2. The van der Waals surface area contributed by atoms with E-state index in [0.717, 1.165) is 13.0 Å². The number of nitrogens with one attached hydrogen (secondary N) is 1. The minimum Gasteiger partial charge on any atom is -0.337 e. The van der Waals surface area contributed by atoms with Gasteiger partial charge in [-0.2, -0.15) is 5.10 Å². The average molecular weight is 436 g/mol. The summed E-state index contributed by atoms with van der Waals surface area (Å²) in [6.45, 7) is 4.53. The molecule has 1 aliphatic heterocycles. The molecule has 166 valence electrons. The molecule has 0 atom stereocenters. The van der Waals surface area contributed by atoms with E-state index >= 15 is 0 Å². The van der Waals surface area contributed by atoms with Crippen molar-refractivity contribution >= 4 is 17.6 Å². The number of hydrogen-bond donors (Lipinski definition) is 1. The maximum Gasteiger partial charge on any atom is 0.253 e. The molecule has 8 heteroatoms. The number of amides is 2. The predicted octanol–water partition coefficient (Wildman–Crippen LogP) is 3.11. The molecule has 1 saturated heterocycles. The Morgan fingerprint density at radius 2 is 1.75 bits per heavy atom. The molecule has 1 aromatic heterocycles. The Morgan fingerprint density at radius 3 is 2.53 bits per heavy atom. The van der Waals surface area contributed by atoms with Crippen LogP contribution in [0, 0.1) is 12.7 Å². The Labute approximate surface area is 186 Å². The molecule has 1 N–H and O–H groups in total. The molecule has 7 nitrogen and oxygen atoms in total. The van der Waals surface area contributed by atoms with Crippen LogP contribution < -0.4 is 5.32 Å². The maximum absolute atomic E-state index is 14.2. The van der Waals surface area contributed by atoms with E-state index in [1.54, 1.807) is 31.2 Å². The van der Waals surface area contributed by atoms with Crippen LogP contribution in [0.1, 0.15) is 22.5 Å². The summed E-state index contributed by atoms with van der Waals surface area (Å²) >= 11 is 0. The highest BCUT2D eigenvalue weighted by molar-refractivity contribution is 5.94. The lowest BCUT2D eigenvalue weighted by Crippen LogP contribution is -2.38. The molecule has 32 heavy (non-hydrogen) atoms. The Kier molecular flexibility index (Phi) is 6.61. The second-order valence-electron chi connectivity index (χ2n) is 7.87. The van der Waals surface area contributed by atoms with Gasteiger partial charge in [-0.1, -0.05) is 30.3 Å². The number of nitrogens with zero attached hydrogens (tertiary/aromatic N) is 4. The van der Waals surface area contributed by atoms with E-state index in [1.165, 1.54) is 10.7 Å². The van der Waals surface area contributed by atoms with Gasteiger partial charge in [0.1, 0.15) is 17.3 Å². The van der Waals surface area contributed by atoms with Gasteiger partial charge in [0.2, 0.25) is 5.91 Å². The standard InChI is InChI=1S/C24H26FN5O2/c1-18-16-22(30(27-18)21-11-6-5-10-20(21)25)26-23(31)17-28-12-7-13-29(15-14-28)24(32)19-8-3-2-4-9-19/h2-6,8-11,16H,7,12-15,17H2,1H3,(H,26,31). The van der Waals surface area contributed by atoms with Crippen LogP contribution in [-0.4, -0.2) is 64.1 Å². The summed E-state index contributed by atoms with van der Waals surface area (Å²) in [7, 11) is 0. The first-order chi connectivity index (χ1) is 15.5. The maximum atomic E-state index is 14.2. The van der Waals surface area contributed by atoms with Gasteiger partial charge in [-0.15, -0.1) is 0 Å². The lowest BCUT2D eigenvalue weighted by atomic mass is 10.2. The molecule has 3 aromatic rings. The number of para-hydroxylation sites is 1. The van der Waals surface area contributed by atoms with Crippen molar-refractivity contribution in [2.75, 3.05) is 38.0 Å². The van der Waals surface area contributed by atoms with Crippen molar-refractivity contribution in [2.24, 2.45) is 0 Å². The number of hydrogen-bond acceptors (Lipinski definition) is 4. The number of rotatable bonds is 5. The highest BCUT2D eigenvalue weighted by Crippen LogP contribution is 2.19. The van der Waals surface area contributed by atoms with Crippen molar-refractivity contribution in [1.82, 2.24) is 19.6 Å². The van der Waals surface area contributed by atoms with Gasteiger partial charge in [0.25, 0.3) is 5.91 Å². The Morgan fingerprint density at radius 1 is 1.00 bits per heavy atom. The molecule has 1 aliphatic rings. The first kappa shape index (κ1) is 21.7. The third kappa shape index (κ3) is 5.03. The summed E-state index contributed by atoms with van der Waals surface area (Å²) in [6.07, 6.45) is 0.790. The van der Waals surface area contributed by atoms with Crippen molar-refractivity contribution < 1.29 is 14.0 Å². The minimum absolute atomic E-state index is 0.0150. The van der Waals surface area contributed by atoms with E-state index in [2.05, 4.69) is 10.4 Å². The van der Waals surface area contributed by atoms with Gasteiger partial charge < -0.3 is 10.2 Å². The topological polar surface area (TPSA) is 70.5 Å². The quantitative estimate of drug-likeness (QED) is 0.669. The molecular weight excluding hydrogens is 409 g/mol. The number of benzene rings is 2. The Hall–Kier alpha value is -3.52. The Balaban J connectivity index is 1.37. The molecular formula is C24H26FN5O2. The predicted molar refractivity (Wildman–Crippen MR) is 120 cm³/mol. The van der Waals surface area contributed by atoms with Gasteiger partial charge in [0.15, 0.2) is 0 Å². The molecule has 2 amide bonds. The van der Waals surface area contributed by atoms with Crippen molar-refractivity contribution in [3.8, 4) is 5.69 Å². The fourth-order valence-corrected chi connectivity index (χ4v) is 3.88. The smallest absolute Gasteiger partial charge is 0.253 e. The monoisotopic (exact) mass is 435 g/mol. The van der Waals surface area contributed by atoms with Crippen molar-refractivity contribution in [1.29, 1.82) is 0 Å². The number of carbonyl (C=O) groups is 2. The molecule has 0 radical (unpaired) electrons. The summed E-state index contributed by atoms with van der Waals surface area (Å²) in [5.41, 5.74) is 1.63. The second kappa shape index (κ2) is 9.74. The second-order valence-corrected chi connectivity index (χ2v) is 7.87. The van der Waals surface area contributed by atoms with Gasteiger partial charge in [-0.05, 0) is 37.6 Å². The minimum atomic E-state index is -0.415. The average Bonchev–Trinajstić information content (AvgIpc) is 2.99. The number of halogens is 1. The molecule has 0 aliphatic carbocycles. The molecule has 2 aromatic carbocycles. The van der Waals surface area contributed by atoms with Crippen molar-refractivity contribution in [3.05, 3.63) is 77.7 Å². The Bertz CT molecular complexity index is 1100. The van der Waals surface area contributed by atoms with E-state index in [9.17, 15) is 14.0 Å². The summed E-state index contributed by atoms with van der Waals surface area (Å²) in [6, 6.07) is 17.3. The largest absolute Gasteiger partial charge is 0.337 e. The van der Waals surface area contributed by atoms with Crippen LogP contribution in [0.5, 0.6) is 0 Å². The highest BCUT2D eigenvalue weighted by atomic mass is 19.1. The van der Waals surface area contributed by atoms with E-state index in [-0.39, 0.29) is 24.0 Å². The third-order valence-corrected chi connectivity index (χ3v) is 5.44. The summed E-state index contributed by atoms with van der Waals surface area (Å²) in [5.74, 6) is -0.179. The van der Waals surface area contributed by atoms with E-state index in [1.807, 2.05) is 40.1 Å². The van der Waals surface area contributed by atoms with Crippen LogP contribution in [0.2, 0.25) is 0 Å². The third-order valence-electron chi connectivity index (χ3n) is 5.44.